The number of piperidine rings is 1. The summed E-state index contributed by atoms with van der Waals surface area (Å²) in [4.78, 5) is 15.8. The highest BCUT2D eigenvalue weighted by Gasteiger charge is 2.29. The molecule has 1 saturated heterocycles. The number of allylic oxidation sites excluding steroid dienone is 6. The van der Waals surface area contributed by atoms with Crippen LogP contribution in [0.2, 0.25) is 0 Å². The van der Waals surface area contributed by atoms with Crippen LogP contribution < -0.4 is 5.32 Å². The number of rotatable bonds is 23. The van der Waals surface area contributed by atoms with Gasteiger partial charge in [0.2, 0.25) is 0 Å². The summed E-state index contributed by atoms with van der Waals surface area (Å²) in [5, 5.41) is 22.8. The van der Waals surface area contributed by atoms with Crippen LogP contribution in [0.1, 0.15) is 95.6 Å². The van der Waals surface area contributed by atoms with Crippen LogP contribution in [0, 0.1) is 13.8 Å². The third kappa shape index (κ3) is 14.6. The first-order valence-corrected chi connectivity index (χ1v) is 17.6. The Morgan fingerprint density at radius 1 is 0.978 bits per heavy atom. The Labute approximate surface area is 275 Å². The molecule has 0 bridgehead atoms. The maximum atomic E-state index is 13.2. The van der Waals surface area contributed by atoms with Crippen LogP contribution >= 0.6 is 0 Å². The number of carbonyl (C=O) groups excluding carboxylic acids is 1. The molecule has 1 heterocycles. The molecule has 2 unspecified atom stereocenters. The zero-order valence-electron chi connectivity index (χ0n) is 29.0. The van der Waals surface area contributed by atoms with Gasteiger partial charge in [0.15, 0.2) is 5.78 Å². The average Bonchev–Trinajstić information content (AvgIpc) is 3.03. The molecule has 1 aliphatic heterocycles. The Hall–Kier alpha value is -2.51. The maximum absolute atomic E-state index is 13.2. The lowest BCUT2D eigenvalue weighted by atomic mass is 9.98. The molecule has 252 valence electrons. The molecule has 6 heteroatoms. The SMILES string of the molecule is C=C(Nc1c(C)cccc1C)C1CCCCN1CCCCCC[N+](CCCO)(CCCCO)CC(=O)C/C=C(C)/C=C\C=C\C. The summed E-state index contributed by atoms with van der Waals surface area (Å²) < 4.78 is 0.721. The molecule has 0 spiro atoms. The molecule has 6 nitrogen and oxygen atoms in total. The number of benzene rings is 1. The summed E-state index contributed by atoms with van der Waals surface area (Å²) in [6.07, 6.45) is 21.0. The second-order valence-corrected chi connectivity index (χ2v) is 13.1. The van der Waals surface area contributed by atoms with Crippen LogP contribution in [0.4, 0.5) is 5.69 Å². The minimum Gasteiger partial charge on any atom is -0.396 e. The first kappa shape index (κ1) is 38.7. The van der Waals surface area contributed by atoms with Crippen molar-refractivity contribution in [2.24, 2.45) is 0 Å². The largest absolute Gasteiger partial charge is 0.396 e. The minimum atomic E-state index is 0.142. The van der Waals surface area contributed by atoms with E-state index >= 15 is 0 Å². The quantitative estimate of drug-likeness (QED) is 0.0664. The lowest BCUT2D eigenvalue weighted by Gasteiger charge is -2.39. The lowest BCUT2D eigenvalue weighted by molar-refractivity contribution is -0.921. The first-order chi connectivity index (χ1) is 21.7. The Bertz CT molecular complexity index is 1090. The van der Waals surface area contributed by atoms with E-state index < -0.39 is 0 Å². The van der Waals surface area contributed by atoms with Crippen LogP contribution in [-0.4, -0.2) is 83.9 Å². The molecule has 1 aromatic carbocycles. The maximum Gasteiger partial charge on any atom is 0.190 e. The predicted molar refractivity (Wildman–Crippen MR) is 191 cm³/mol. The number of aliphatic hydroxyl groups is 2. The smallest absolute Gasteiger partial charge is 0.190 e. The number of hydrogen-bond donors (Lipinski definition) is 3. The van der Waals surface area contributed by atoms with Gasteiger partial charge in [-0.15, -0.1) is 0 Å². The number of aryl methyl sites for hydroxylation is 2. The second-order valence-electron chi connectivity index (χ2n) is 13.1. The number of likely N-dealkylation sites (tertiary alicyclic amines) is 1. The van der Waals surface area contributed by atoms with Crippen LogP contribution in [-0.2, 0) is 4.79 Å². The van der Waals surface area contributed by atoms with E-state index in [-0.39, 0.29) is 19.0 Å². The number of unbranched alkanes of at least 4 members (excludes halogenated alkanes) is 4. The fraction of sp³-hybridized carbons (Fsp3) is 0.615. The third-order valence-corrected chi connectivity index (χ3v) is 9.27. The van der Waals surface area contributed by atoms with Crippen molar-refractivity contribution in [1.29, 1.82) is 0 Å². The van der Waals surface area contributed by atoms with E-state index in [2.05, 4.69) is 48.8 Å². The van der Waals surface area contributed by atoms with Crippen molar-refractivity contribution in [2.45, 2.75) is 104 Å². The topological polar surface area (TPSA) is 72.8 Å². The summed E-state index contributed by atoms with van der Waals surface area (Å²) in [6, 6.07) is 6.79. The Kier molecular flexibility index (Phi) is 19.0. The Morgan fingerprint density at radius 2 is 1.64 bits per heavy atom. The highest BCUT2D eigenvalue weighted by atomic mass is 16.3. The summed E-state index contributed by atoms with van der Waals surface area (Å²) >= 11 is 0. The lowest BCUT2D eigenvalue weighted by Crippen LogP contribution is -2.53. The van der Waals surface area contributed by atoms with Gasteiger partial charge in [0.25, 0.3) is 0 Å². The molecule has 3 N–H and O–H groups in total. The fourth-order valence-electron chi connectivity index (χ4n) is 6.66. The number of aliphatic hydroxyl groups excluding tert-OH is 2. The fourth-order valence-corrected chi connectivity index (χ4v) is 6.66. The number of para-hydroxylation sites is 1. The summed E-state index contributed by atoms with van der Waals surface area (Å²) in [5.41, 5.74) is 5.92. The zero-order valence-corrected chi connectivity index (χ0v) is 29.0. The Morgan fingerprint density at radius 3 is 2.33 bits per heavy atom. The molecular weight excluding hydrogens is 558 g/mol. The Balaban J connectivity index is 1.93. The molecule has 0 amide bonds. The number of nitrogens with one attached hydrogen (secondary N) is 1. The van der Waals surface area contributed by atoms with E-state index in [1.165, 1.54) is 36.1 Å². The molecular formula is C39H64N3O3+. The predicted octanol–water partition coefficient (Wildman–Crippen LogP) is 7.65. The van der Waals surface area contributed by atoms with E-state index in [4.69, 9.17) is 0 Å². The third-order valence-electron chi connectivity index (χ3n) is 9.27. The van der Waals surface area contributed by atoms with Gasteiger partial charge in [0.05, 0.1) is 19.6 Å². The van der Waals surface area contributed by atoms with Crippen molar-refractivity contribution >= 4 is 11.5 Å². The van der Waals surface area contributed by atoms with Gasteiger partial charge in [-0.25, -0.2) is 0 Å². The van der Waals surface area contributed by atoms with Crippen LogP contribution in [0.3, 0.4) is 0 Å². The van der Waals surface area contributed by atoms with E-state index in [0.717, 1.165) is 87.0 Å². The first-order valence-electron chi connectivity index (χ1n) is 17.6. The van der Waals surface area contributed by atoms with Crippen LogP contribution in [0.15, 0.2) is 66.4 Å². The van der Waals surface area contributed by atoms with Gasteiger partial charge in [-0.05, 0) is 96.9 Å². The van der Waals surface area contributed by atoms with Gasteiger partial charge in [-0.3, -0.25) is 9.69 Å². The number of hydrogen-bond acceptors (Lipinski definition) is 5. The average molecular weight is 623 g/mol. The van der Waals surface area contributed by atoms with E-state index in [9.17, 15) is 15.0 Å². The highest BCUT2D eigenvalue weighted by Crippen LogP contribution is 2.27. The summed E-state index contributed by atoms with van der Waals surface area (Å²) in [5.74, 6) is 0.251. The minimum absolute atomic E-state index is 0.142. The normalized spacial score (nSPS) is 17.6. The number of Topliss-reactive ketones (excluding diaryl/α,β-unsaturated/α-hetero) is 1. The molecule has 45 heavy (non-hydrogen) atoms. The zero-order chi connectivity index (χ0) is 32.9. The van der Waals surface area contributed by atoms with Crippen molar-refractivity contribution in [3.8, 4) is 0 Å². The molecule has 0 aliphatic carbocycles. The van der Waals surface area contributed by atoms with Gasteiger partial charge in [0.1, 0.15) is 6.54 Å². The van der Waals surface area contributed by atoms with Crippen molar-refractivity contribution in [3.05, 3.63) is 77.6 Å². The van der Waals surface area contributed by atoms with Gasteiger partial charge in [0, 0.05) is 43.5 Å². The van der Waals surface area contributed by atoms with Crippen molar-refractivity contribution in [1.82, 2.24) is 4.90 Å². The second kappa shape index (κ2) is 22.1. The van der Waals surface area contributed by atoms with Crippen molar-refractivity contribution < 1.29 is 19.5 Å². The molecule has 0 aromatic heterocycles. The van der Waals surface area contributed by atoms with Gasteiger partial charge >= 0.3 is 0 Å². The van der Waals surface area contributed by atoms with Crippen molar-refractivity contribution in [3.63, 3.8) is 0 Å². The number of quaternary nitrogens is 1. The molecule has 2 atom stereocenters. The van der Waals surface area contributed by atoms with Crippen molar-refractivity contribution in [2.75, 3.05) is 57.8 Å². The molecule has 1 fully saturated rings. The van der Waals surface area contributed by atoms with Gasteiger partial charge in [-0.1, -0.05) is 73.6 Å². The van der Waals surface area contributed by atoms with E-state index in [1.807, 2.05) is 44.2 Å². The molecule has 1 aliphatic rings. The number of ketones is 1. The number of anilines is 1. The van der Waals surface area contributed by atoms with Gasteiger partial charge < -0.3 is 20.0 Å². The standard InChI is InChI=1S/C39H64N3O3/c1-6-7-10-19-33(2)23-24-37(45)32-42(29-18-31-44,28-15-16-30-43)27-14-9-8-12-25-41-26-13-11-22-38(41)36(5)40-39-34(3)20-17-21-35(39)4/h6-7,10,17,19-21,23,38,40,43-44H,5,8-9,11-16,18,22,24-32H2,1-4H3/q+1/b7-6+,19-10-,33-23+. The monoisotopic (exact) mass is 622 g/mol. The molecule has 0 saturated carbocycles. The van der Waals surface area contributed by atoms with E-state index in [1.54, 1.807) is 0 Å². The molecule has 0 radical (unpaired) electrons. The van der Waals surface area contributed by atoms with Crippen LogP contribution in [0.5, 0.6) is 0 Å². The number of nitrogens with zero attached hydrogens (tertiary/aromatic N) is 2. The van der Waals surface area contributed by atoms with Gasteiger partial charge in [-0.2, -0.15) is 0 Å². The number of carbonyl (C=O) groups is 1. The van der Waals surface area contributed by atoms with E-state index in [0.29, 0.717) is 25.4 Å². The highest BCUT2D eigenvalue weighted by molar-refractivity contribution is 5.81. The summed E-state index contributed by atoms with van der Waals surface area (Å²) in [6.45, 7) is 18.5. The van der Waals surface area contributed by atoms with Crippen LogP contribution in [0.25, 0.3) is 0 Å². The molecule has 2 rings (SSSR count). The summed E-state index contributed by atoms with van der Waals surface area (Å²) in [7, 11) is 0. The molecule has 1 aromatic rings.